The monoisotopic (exact) mass is 418 g/mol. The predicted molar refractivity (Wildman–Crippen MR) is 115 cm³/mol. The summed E-state index contributed by atoms with van der Waals surface area (Å²) in [6.45, 7) is 0.118. The summed E-state index contributed by atoms with van der Waals surface area (Å²) in [5, 5.41) is 5.56. The zero-order chi connectivity index (χ0) is 21.5. The number of aromatic nitrogens is 2. The summed E-state index contributed by atoms with van der Waals surface area (Å²) in [6.07, 6.45) is 6.82. The van der Waals surface area contributed by atoms with Gasteiger partial charge in [-0.3, -0.25) is 14.6 Å². The number of amides is 2. The highest BCUT2D eigenvalue weighted by atomic mass is 16.5. The van der Waals surface area contributed by atoms with Crippen molar-refractivity contribution in [2.75, 3.05) is 17.2 Å². The van der Waals surface area contributed by atoms with E-state index in [0.29, 0.717) is 29.6 Å². The molecule has 8 heteroatoms. The minimum Gasteiger partial charge on any atom is -0.485 e. The lowest BCUT2D eigenvalue weighted by molar-refractivity contribution is -0.118. The Morgan fingerprint density at radius 2 is 1.81 bits per heavy atom. The lowest BCUT2D eigenvalue weighted by Crippen LogP contribution is -2.21. The van der Waals surface area contributed by atoms with Crippen LogP contribution in [0.4, 0.5) is 11.5 Å². The van der Waals surface area contributed by atoms with Crippen LogP contribution >= 0.6 is 0 Å². The number of nitrogens with zero attached hydrogens (tertiary/aromatic N) is 2. The van der Waals surface area contributed by atoms with Gasteiger partial charge >= 0.3 is 0 Å². The molecular formula is C23H22N4O4. The third-order valence-corrected chi connectivity index (χ3v) is 4.59. The topological polar surface area (TPSA) is 102 Å². The van der Waals surface area contributed by atoms with Crippen molar-refractivity contribution in [3.05, 3.63) is 72.7 Å². The van der Waals surface area contributed by atoms with E-state index in [4.69, 9.17) is 9.47 Å². The maximum atomic E-state index is 12.4. The molecule has 1 saturated carbocycles. The molecule has 1 aromatic carbocycles. The molecule has 3 aromatic rings. The van der Waals surface area contributed by atoms with Crippen molar-refractivity contribution in [1.82, 2.24) is 9.97 Å². The molecule has 158 valence electrons. The number of carbonyl (C=O) groups excluding carboxylic acids is 2. The van der Waals surface area contributed by atoms with Crippen LogP contribution < -0.4 is 20.1 Å². The normalized spacial score (nSPS) is 12.6. The van der Waals surface area contributed by atoms with Crippen LogP contribution in [0.15, 0.2) is 67.1 Å². The summed E-state index contributed by atoms with van der Waals surface area (Å²) >= 11 is 0. The van der Waals surface area contributed by atoms with E-state index in [0.717, 1.165) is 18.4 Å². The molecule has 1 aliphatic carbocycles. The van der Waals surface area contributed by atoms with Gasteiger partial charge in [0.25, 0.3) is 5.91 Å². The standard InChI is InChI=1S/C23H22N4O4/c28-21(15-30-19-4-1-3-18(13-19)26-23(29)17-6-7-17)27-22-20(5-2-10-25-22)31-14-16-8-11-24-12-9-16/h1-5,8-13,17H,6-7,14-15H2,(H,26,29)(H,25,27,28). The van der Waals surface area contributed by atoms with Gasteiger partial charge in [-0.25, -0.2) is 4.98 Å². The van der Waals surface area contributed by atoms with Crippen LogP contribution in [-0.2, 0) is 16.2 Å². The smallest absolute Gasteiger partial charge is 0.263 e. The van der Waals surface area contributed by atoms with Crippen molar-refractivity contribution in [3.8, 4) is 11.5 Å². The molecule has 0 aliphatic heterocycles. The van der Waals surface area contributed by atoms with Crippen molar-refractivity contribution in [1.29, 1.82) is 0 Å². The fourth-order valence-electron chi connectivity index (χ4n) is 2.81. The zero-order valence-electron chi connectivity index (χ0n) is 16.8. The molecule has 0 atom stereocenters. The second-order valence-corrected chi connectivity index (χ2v) is 7.12. The molecule has 2 amide bonds. The number of ether oxygens (including phenoxy) is 2. The van der Waals surface area contributed by atoms with E-state index in [9.17, 15) is 9.59 Å². The Kier molecular flexibility index (Phi) is 6.37. The first kappa shape index (κ1) is 20.3. The van der Waals surface area contributed by atoms with Gasteiger partial charge in [0.05, 0.1) is 0 Å². The Labute approximate surface area is 179 Å². The van der Waals surface area contributed by atoms with Gasteiger partial charge in [0.2, 0.25) is 5.91 Å². The lowest BCUT2D eigenvalue weighted by Gasteiger charge is -2.12. The number of pyridine rings is 2. The van der Waals surface area contributed by atoms with E-state index in [1.807, 2.05) is 12.1 Å². The maximum absolute atomic E-state index is 12.4. The Balaban J connectivity index is 1.30. The van der Waals surface area contributed by atoms with Gasteiger partial charge in [-0.1, -0.05) is 6.07 Å². The van der Waals surface area contributed by atoms with Gasteiger partial charge < -0.3 is 20.1 Å². The molecule has 0 radical (unpaired) electrons. The van der Waals surface area contributed by atoms with Gasteiger partial charge in [0.15, 0.2) is 18.2 Å². The van der Waals surface area contributed by atoms with E-state index in [1.54, 1.807) is 55.0 Å². The van der Waals surface area contributed by atoms with Crippen molar-refractivity contribution >= 4 is 23.3 Å². The molecule has 0 bridgehead atoms. The van der Waals surface area contributed by atoms with Gasteiger partial charge in [-0.2, -0.15) is 0 Å². The quantitative estimate of drug-likeness (QED) is 0.552. The third kappa shape index (κ3) is 6.02. The van der Waals surface area contributed by atoms with E-state index < -0.39 is 0 Å². The van der Waals surface area contributed by atoms with Gasteiger partial charge in [-0.15, -0.1) is 0 Å². The molecule has 8 nitrogen and oxygen atoms in total. The number of hydrogen-bond acceptors (Lipinski definition) is 6. The molecule has 2 heterocycles. The van der Waals surface area contributed by atoms with Crippen LogP contribution in [0.1, 0.15) is 18.4 Å². The Morgan fingerprint density at radius 1 is 0.968 bits per heavy atom. The van der Waals surface area contributed by atoms with Gasteiger partial charge in [0, 0.05) is 36.3 Å². The molecule has 0 spiro atoms. The van der Waals surface area contributed by atoms with E-state index in [2.05, 4.69) is 20.6 Å². The highest BCUT2D eigenvalue weighted by Gasteiger charge is 2.29. The predicted octanol–water partition coefficient (Wildman–Crippen LogP) is 3.42. The molecule has 31 heavy (non-hydrogen) atoms. The molecule has 0 saturated heterocycles. The van der Waals surface area contributed by atoms with Crippen LogP contribution in [0.5, 0.6) is 11.5 Å². The van der Waals surface area contributed by atoms with Crippen LogP contribution in [-0.4, -0.2) is 28.4 Å². The average Bonchev–Trinajstić information content (AvgIpc) is 3.64. The van der Waals surface area contributed by atoms with Crippen LogP contribution in [0.25, 0.3) is 0 Å². The van der Waals surface area contributed by atoms with Crippen molar-refractivity contribution in [2.24, 2.45) is 5.92 Å². The van der Waals surface area contributed by atoms with Crippen LogP contribution in [0, 0.1) is 5.92 Å². The first-order valence-corrected chi connectivity index (χ1v) is 9.98. The molecule has 1 fully saturated rings. The number of nitrogens with one attached hydrogen (secondary N) is 2. The Hall–Kier alpha value is -3.94. The van der Waals surface area contributed by atoms with E-state index in [1.165, 1.54) is 0 Å². The largest absolute Gasteiger partial charge is 0.485 e. The van der Waals surface area contributed by atoms with Crippen LogP contribution in [0.3, 0.4) is 0 Å². The fourth-order valence-corrected chi connectivity index (χ4v) is 2.81. The summed E-state index contributed by atoms with van der Waals surface area (Å²) in [5.41, 5.74) is 1.60. The average molecular weight is 418 g/mol. The molecule has 2 N–H and O–H groups in total. The molecule has 0 unspecified atom stereocenters. The minimum atomic E-state index is -0.375. The first-order valence-electron chi connectivity index (χ1n) is 9.98. The summed E-state index contributed by atoms with van der Waals surface area (Å²) in [6, 6.07) is 14.1. The minimum absolute atomic E-state index is 0.0179. The lowest BCUT2D eigenvalue weighted by atomic mass is 10.3. The number of anilines is 2. The Bertz CT molecular complexity index is 1050. The highest BCUT2D eigenvalue weighted by Crippen LogP contribution is 2.30. The molecule has 4 rings (SSSR count). The second kappa shape index (κ2) is 9.71. The van der Waals surface area contributed by atoms with Crippen molar-refractivity contribution in [3.63, 3.8) is 0 Å². The second-order valence-electron chi connectivity index (χ2n) is 7.12. The summed E-state index contributed by atoms with van der Waals surface area (Å²) < 4.78 is 11.3. The number of hydrogen-bond donors (Lipinski definition) is 2. The van der Waals surface area contributed by atoms with Gasteiger partial charge in [-0.05, 0) is 54.8 Å². The van der Waals surface area contributed by atoms with E-state index >= 15 is 0 Å². The maximum Gasteiger partial charge on any atom is 0.263 e. The Morgan fingerprint density at radius 3 is 2.61 bits per heavy atom. The van der Waals surface area contributed by atoms with Crippen LogP contribution in [0.2, 0.25) is 0 Å². The van der Waals surface area contributed by atoms with Crippen molar-refractivity contribution < 1.29 is 19.1 Å². The van der Waals surface area contributed by atoms with Gasteiger partial charge in [0.1, 0.15) is 12.4 Å². The number of rotatable bonds is 9. The fraction of sp³-hybridized carbons (Fsp3) is 0.217. The molecular weight excluding hydrogens is 396 g/mol. The van der Waals surface area contributed by atoms with Crippen molar-refractivity contribution in [2.45, 2.75) is 19.4 Å². The van der Waals surface area contributed by atoms with E-state index in [-0.39, 0.29) is 24.3 Å². The highest BCUT2D eigenvalue weighted by molar-refractivity contribution is 5.94. The number of carbonyl (C=O) groups is 2. The SMILES string of the molecule is O=C(COc1cccc(NC(=O)C2CC2)c1)Nc1ncccc1OCc1ccncc1. The molecule has 1 aliphatic rings. The first-order chi connectivity index (χ1) is 15.2. The number of benzene rings is 1. The summed E-state index contributed by atoms with van der Waals surface area (Å²) in [5.74, 6) is 1.01. The molecule has 2 aromatic heterocycles. The third-order valence-electron chi connectivity index (χ3n) is 4.59. The zero-order valence-corrected chi connectivity index (χ0v) is 16.8. The summed E-state index contributed by atoms with van der Waals surface area (Å²) in [4.78, 5) is 32.4. The summed E-state index contributed by atoms with van der Waals surface area (Å²) in [7, 11) is 0.